The average molecular weight is 162 g/mol. The summed E-state index contributed by atoms with van der Waals surface area (Å²) in [5.74, 6) is 5.89. The van der Waals surface area contributed by atoms with Crippen molar-refractivity contribution < 1.29 is 4.74 Å². The summed E-state index contributed by atoms with van der Waals surface area (Å²) in [5.41, 5.74) is 1.10. The number of hydrogen-bond donors (Lipinski definition) is 0. The van der Waals surface area contributed by atoms with Crippen molar-refractivity contribution in [3.63, 3.8) is 0 Å². The van der Waals surface area contributed by atoms with Crippen LogP contribution in [-0.4, -0.2) is 12.2 Å². The zero-order valence-electron chi connectivity index (χ0n) is 7.68. The molecule has 1 heteroatoms. The topological polar surface area (TPSA) is 9.23 Å². The van der Waals surface area contributed by atoms with Crippen LogP contribution in [0.2, 0.25) is 0 Å². The van der Waals surface area contributed by atoms with Crippen molar-refractivity contribution in [3.05, 3.63) is 24.3 Å². The Hall–Kier alpha value is -1.00. The number of hydrogen-bond acceptors (Lipinski definition) is 1. The molecule has 0 atom stereocenters. The maximum atomic E-state index is 5.51. The highest BCUT2D eigenvalue weighted by atomic mass is 16.5. The van der Waals surface area contributed by atoms with Crippen LogP contribution in [0.4, 0.5) is 0 Å². The molecular weight excluding hydrogens is 148 g/mol. The van der Waals surface area contributed by atoms with Crippen molar-refractivity contribution in [1.82, 2.24) is 0 Å². The largest absolute Gasteiger partial charge is 0.371 e. The van der Waals surface area contributed by atoms with E-state index < -0.39 is 0 Å². The SMILES string of the molecule is C=CC#CC1=CCOC(C)(C)C1. The summed E-state index contributed by atoms with van der Waals surface area (Å²) in [4.78, 5) is 0. The quantitative estimate of drug-likeness (QED) is 0.497. The van der Waals surface area contributed by atoms with Crippen molar-refractivity contribution in [3.8, 4) is 11.8 Å². The van der Waals surface area contributed by atoms with Crippen molar-refractivity contribution in [1.29, 1.82) is 0 Å². The molecule has 12 heavy (non-hydrogen) atoms. The van der Waals surface area contributed by atoms with Gasteiger partial charge in [0.05, 0.1) is 12.2 Å². The van der Waals surface area contributed by atoms with Gasteiger partial charge in [-0.3, -0.25) is 0 Å². The minimum Gasteiger partial charge on any atom is -0.371 e. The van der Waals surface area contributed by atoms with Gasteiger partial charge in [-0.25, -0.2) is 0 Å². The van der Waals surface area contributed by atoms with Crippen LogP contribution in [-0.2, 0) is 4.74 Å². The minimum atomic E-state index is -0.0556. The number of ether oxygens (including phenoxy) is 1. The molecule has 64 valence electrons. The van der Waals surface area contributed by atoms with Crippen molar-refractivity contribution in [2.45, 2.75) is 25.9 Å². The van der Waals surface area contributed by atoms with Gasteiger partial charge in [0.1, 0.15) is 0 Å². The van der Waals surface area contributed by atoms with Gasteiger partial charge in [0.15, 0.2) is 0 Å². The van der Waals surface area contributed by atoms with E-state index in [4.69, 9.17) is 4.74 Å². The first kappa shape index (κ1) is 9.09. The van der Waals surface area contributed by atoms with Crippen molar-refractivity contribution in [2.24, 2.45) is 0 Å². The lowest BCUT2D eigenvalue weighted by Gasteiger charge is -2.28. The molecule has 0 radical (unpaired) electrons. The van der Waals surface area contributed by atoms with E-state index in [0.717, 1.165) is 12.0 Å². The maximum Gasteiger partial charge on any atom is 0.0677 e. The molecule has 1 aliphatic rings. The van der Waals surface area contributed by atoms with E-state index >= 15 is 0 Å². The first-order chi connectivity index (χ1) is 5.64. The van der Waals surface area contributed by atoms with Crippen molar-refractivity contribution in [2.75, 3.05) is 6.61 Å². The van der Waals surface area contributed by atoms with Crippen LogP contribution in [0.1, 0.15) is 20.3 Å². The summed E-state index contributed by atoms with van der Waals surface area (Å²) in [7, 11) is 0. The van der Waals surface area contributed by atoms with E-state index in [1.807, 2.05) is 6.08 Å². The molecular formula is C11H14O. The standard InChI is InChI=1S/C11H14O/c1-4-5-6-10-7-8-12-11(2,3)9-10/h4,7H,1,8-9H2,2-3H3. The smallest absolute Gasteiger partial charge is 0.0677 e. The van der Waals surface area contributed by atoms with Gasteiger partial charge >= 0.3 is 0 Å². The minimum absolute atomic E-state index is 0.0556. The Morgan fingerprint density at radius 2 is 2.42 bits per heavy atom. The number of rotatable bonds is 0. The van der Waals surface area contributed by atoms with E-state index in [0.29, 0.717) is 6.61 Å². The highest BCUT2D eigenvalue weighted by Crippen LogP contribution is 2.23. The maximum absolute atomic E-state index is 5.51. The Balaban J connectivity index is 2.68. The monoisotopic (exact) mass is 162 g/mol. The molecule has 0 saturated heterocycles. The van der Waals surface area contributed by atoms with Crippen LogP contribution in [0.15, 0.2) is 24.3 Å². The third-order valence-corrected chi connectivity index (χ3v) is 1.75. The second kappa shape index (κ2) is 3.60. The first-order valence-electron chi connectivity index (χ1n) is 4.09. The Morgan fingerprint density at radius 1 is 1.67 bits per heavy atom. The predicted molar refractivity (Wildman–Crippen MR) is 50.7 cm³/mol. The molecule has 0 spiro atoms. The van der Waals surface area contributed by atoms with E-state index in [1.165, 1.54) is 0 Å². The third kappa shape index (κ3) is 2.56. The summed E-state index contributed by atoms with van der Waals surface area (Å²) < 4.78 is 5.51. The molecule has 0 aliphatic carbocycles. The fourth-order valence-electron chi connectivity index (χ4n) is 1.19. The lowest BCUT2D eigenvalue weighted by molar-refractivity contribution is -0.00807. The van der Waals surface area contributed by atoms with Gasteiger partial charge in [-0.1, -0.05) is 18.4 Å². The first-order valence-corrected chi connectivity index (χ1v) is 4.09. The van der Waals surface area contributed by atoms with Crippen LogP contribution in [0.5, 0.6) is 0 Å². The Labute approximate surface area is 74.1 Å². The molecule has 1 heterocycles. The third-order valence-electron chi connectivity index (χ3n) is 1.75. The molecule has 0 N–H and O–H groups in total. The van der Waals surface area contributed by atoms with E-state index in [-0.39, 0.29) is 5.60 Å². The van der Waals surface area contributed by atoms with Gasteiger partial charge in [0.25, 0.3) is 0 Å². The summed E-state index contributed by atoms with van der Waals surface area (Å²) in [6.45, 7) is 8.38. The van der Waals surface area contributed by atoms with Gasteiger partial charge in [-0.15, -0.1) is 0 Å². The molecule has 1 rings (SSSR count). The van der Waals surface area contributed by atoms with Gasteiger partial charge in [0, 0.05) is 12.0 Å². The summed E-state index contributed by atoms with van der Waals surface area (Å²) in [6.07, 6.45) is 4.54. The lowest BCUT2D eigenvalue weighted by Crippen LogP contribution is -2.28. The molecule has 0 amide bonds. The van der Waals surface area contributed by atoms with E-state index in [1.54, 1.807) is 6.08 Å². The van der Waals surface area contributed by atoms with Gasteiger partial charge < -0.3 is 4.74 Å². The normalized spacial score (nSPS) is 20.3. The molecule has 0 aromatic heterocycles. The van der Waals surface area contributed by atoms with Gasteiger partial charge in [-0.2, -0.15) is 0 Å². The zero-order valence-corrected chi connectivity index (χ0v) is 7.68. The Bertz CT molecular complexity index is 260. The van der Waals surface area contributed by atoms with E-state index in [9.17, 15) is 0 Å². The fraction of sp³-hybridized carbons (Fsp3) is 0.455. The van der Waals surface area contributed by atoms with Gasteiger partial charge in [0.2, 0.25) is 0 Å². The van der Waals surface area contributed by atoms with Gasteiger partial charge in [-0.05, 0) is 26.0 Å². The molecule has 0 saturated carbocycles. The van der Waals surface area contributed by atoms with E-state index in [2.05, 4.69) is 32.3 Å². The van der Waals surface area contributed by atoms with Crippen LogP contribution in [0, 0.1) is 11.8 Å². The summed E-state index contributed by atoms with van der Waals surface area (Å²) in [6, 6.07) is 0. The summed E-state index contributed by atoms with van der Waals surface area (Å²) in [5, 5.41) is 0. The molecule has 1 nitrogen and oxygen atoms in total. The average Bonchev–Trinajstić information content (AvgIpc) is 1.99. The Morgan fingerprint density at radius 3 is 3.00 bits per heavy atom. The lowest BCUT2D eigenvalue weighted by atomic mass is 9.96. The van der Waals surface area contributed by atoms with Crippen LogP contribution in [0.3, 0.4) is 0 Å². The second-order valence-electron chi connectivity index (χ2n) is 3.45. The molecule has 0 aromatic rings. The summed E-state index contributed by atoms with van der Waals surface area (Å²) >= 11 is 0. The molecule has 0 fully saturated rings. The van der Waals surface area contributed by atoms with Crippen LogP contribution >= 0.6 is 0 Å². The van der Waals surface area contributed by atoms with Crippen LogP contribution < -0.4 is 0 Å². The molecule has 0 unspecified atom stereocenters. The second-order valence-corrected chi connectivity index (χ2v) is 3.45. The highest BCUT2D eigenvalue weighted by molar-refractivity contribution is 5.34. The van der Waals surface area contributed by atoms with Crippen molar-refractivity contribution >= 4 is 0 Å². The van der Waals surface area contributed by atoms with Crippen LogP contribution in [0.25, 0.3) is 0 Å². The predicted octanol–water partition coefficient (Wildman–Crippen LogP) is 2.30. The molecule has 0 aromatic carbocycles. The highest BCUT2D eigenvalue weighted by Gasteiger charge is 2.22. The molecule has 0 bridgehead atoms. The zero-order chi connectivity index (χ0) is 9.03. The molecule has 1 aliphatic heterocycles. The number of allylic oxidation sites excluding steroid dienone is 1. The Kier molecular flexibility index (Phi) is 2.73. The fourth-order valence-corrected chi connectivity index (χ4v) is 1.19.